The van der Waals surface area contributed by atoms with E-state index in [1.807, 2.05) is 38.1 Å². The van der Waals surface area contributed by atoms with Crippen molar-refractivity contribution >= 4 is 51.5 Å². The first-order valence-electron chi connectivity index (χ1n) is 13.0. The summed E-state index contributed by atoms with van der Waals surface area (Å²) in [6.07, 6.45) is -3.36. The Hall–Kier alpha value is -4.50. The average molecular weight is 621 g/mol. The van der Waals surface area contributed by atoms with E-state index in [1.54, 1.807) is 17.0 Å². The molecule has 4 heterocycles. The van der Waals surface area contributed by atoms with Gasteiger partial charge >= 0.3 is 12.1 Å². The van der Waals surface area contributed by atoms with Crippen molar-refractivity contribution in [2.75, 3.05) is 23.3 Å². The van der Waals surface area contributed by atoms with Crippen LogP contribution in [0.2, 0.25) is 5.02 Å². The molecule has 16 heteroatoms. The lowest BCUT2D eigenvalue weighted by Gasteiger charge is -2.35. The minimum absolute atomic E-state index is 0.0416. The number of carbonyl (C=O) groups is 1. The molecule has 2 atom stereocenters. The molecule has 2 aromatic carbocycles. The van der Waals surface area contributed by atoms with Gasteiger partial charge in [0.1, 0.15) is 18.0 Å². The minimum atomic E-state index is -5.08. The van der Waals surface area contributed by atoms with Crippen LogP contribution in [0.1, 0.15) is 19.7 Å². The molecule has 0 aliphatic carbocycles. The van der Waals surface area contributed by atoms with Crippen molar-refractivity contribution in [3.63, 3.8) is 0 Å². The normalized spacial score (nSPS) is 17.1. The molecule has 0 unspecified atom stereocenters. The van der Waals surface area contributed by atoms with E-state index in [2.05, 4.69) is 25.2 Å². The van der Waals surface area contributed by atoms with E-state index >= 15 is 0 Å². The highest BCUT2D eigenvalue weighted by Gasteiger charge is 2.38. The largest absolute Gasteiger partial charge is 0.490 e. The van der Waals surface area contributed by atoms with Crippen molar-refractivity contribution in [1.29, 1.82) is 0 Å². The van der Waals surface area contributed by atoms with Gasteiger partial charge in [0.25, 0.3) is 0 Å². The second-order valence-electron chi connectivity index (χ2n) is 9.80. The number of imidazole rings is 2. The van der Waals surface area contributed by atoms with Crippen LogP contribution in [-0.4, -0.2) is 72.0 Å². The number of anilines is 2. The van der Waals surface area contributed by atoms with Crippen molar-refractivity contribution in [3.05, 3.63) is 65.5 Å². The van der Waals surface area contributed by atoms with Gasteiger partial charge in [0.05, 0.1) is 35.5 Å². The number of hydrogen-bond donors (Lipinski definition) is 3. The molecule has 11 nitrogen and oxygen atoms in total. The van der Waals surface area contributed by atoms with Crippen LogP contribution < -0.4 is 10.2 Å². The Morgan fingerprint density at radius 3 is 2.53 bits per heavy atom. The SMILES string of the molecule is C[C@@H]1CN(c2nc(NCc3nc4ccc(Cl)cc4[nH]3)c3ncn(-c4cccc(F)c4)c3n2)C[C@H](C)O1.O=C(O)C(F)(F)F. The number of carboxylic acid groups (broad SMARTS) is 1. The fourth-order valence-electron chi connectivity index (χ4n) is 4.60. The molecule has 5 aromatic rings. The van der Waals surface area contributed by atoms with E-state index in [1.165, 1.54) is 12.1 Å². The molecule has 43 heavy (non-hydrogen) atoms. The number of benzene rings is 2. The molecule has 0 bridgehead atoms. The Bertz CT molecular complexity index is 1770. The average Bonchev–Trinajstić information content (AvgIpc) is 3.54. The highest BCUT2D eigenvalue weighted by atomic mass is 35.5. The lowest BCUT2D eigenvalue weighted by atomic mass is 10.2. The van der Waals surface area contributed by atoms with Crippen molar-refractivity contribution < 1.29 is 32.2 Å². The van der Waals surface area contributed by atoms with E-state index in [4.69, 9.17) is 36.2 Å². The van der Waals surface area contributed by atoms with Gasteiger partial charge in [-0.05, 0) is 50.2 Å². The van der Waals surface area contributed by atoms with Gasteiger partial charge in [0.2, 0.25) is 5.95 Å². The maximum Gasteiger partial charge on any atom is 0.490 e. The number of aromatic amines is 1. The smallest absolute Gasteiger partial charge is 0.475 e. The number of H-pyrrole nitrogens is 1. The van der Waals surface area contributed by atoms with Crippen molar-refractivity contribution in [2.45, 2.75) is 38.8 Å². The van der Waals surface area contributed by atoms with Gasteiger partial charge < -0.3 is 25.0 Å². The molecule has 226 valence electrons. The van der Waals surface area contributed by atoms with E-state index in [9.17, 15) is 17.6 Å². The number of rotatable bonds is 5. The summed E-state index contributed by atoms with van der Waals surface area (Å²) in [7, 11) is 0. The number of nitrogens with zero attached hydrogens (tertiary/aromatic N) is 6. The van der Waals surface area contributed by atoms with Gasteiger partial charge in [-0.3, -0.25) is 4.57 Å². The Kier molecular flexibility index (Phi) is 8.37. The lowest BCUT2D eigenvalue weighted by Crippen LogP contribution is -2.46. The summed E-state index contributed by atoms with van der Waals surface area (Å²) in [4.78, 5) is 33.2. The number of halogens is 5. The first-order chi connectivity index (χ1) is 20.4. The zero-order chi connectivity index (χ0) is 30.9. The molecule has 0 radical (unpaired) electrons. The number of aliphatic carboxylic acids is 1. The second-order valence-corrected chi connectivity index (χ2v) is 10.2. The Morgan fingerprint density at radius 1 is 1.14 bits per heavy atom. The topological polar surface area (TPSA) is 134 Å². The molecule has 3 aromatic heterocycles. The maximum atomic E-state index is 14.0. The Balaban J connectivity index is 0.000000472. The molecule has 1 aliphatic heterocycles. The molecule has 1 aliphatic rings. The molecule has 1 fully saturated rings. The third kappa shape index (κ3) is 6.94. The highest BCUT2D eigenvalue weighted by Crippen LogP contribution is 2.27. The number of nitrogens with one attached hydrogen (secondary N) is 2. The number of hydrogen-bond acceptors (Lipinski definition) is 8. The summed E-state index contributed by atoms with van der Waals surface area (Å²) in [5.41, 5.74) is 3.48. The molecule has 0 saturated carbocycles. The number of fused-ring (bicyclic) bond motifs is 2. The summed E-state index contributed by atoms with van der Waals surface area (Å²) in [5, 5.41) is 11.1. The van der Waals surface area contributed by atoms with Crippen LogP contribution in [0.3, 0.4) is 0 Å². The van der Waals surface area contributed by atoms with E-state index in [0.29, 0.717) is 53.3 Å². The summed E-state index contributed by atoms with van der Waals surface area (Å²) in [6, 6.07) is 11.9. The molecule has 0 spiro atoms. The molecular weight excluding hydrogens is 596 g/mol. The molecule has 6 rings (SSSR count). The number of ether oxygens (including phenoxy) is 1. The Labute approximate surface area is 246 Å². The molecule has 3 N–H and O–H groups in total. The van der Waals surface area contributed by atoms with Crippen molar-refractivity contribution in [1.82, 2.24) is 29.5 Å². The molecule has 0 amide bonds. The van der Waals surface area contributed by atoms with Crippen LogP contribution in [-0.2, 0) is 16.1 Å². The number of alkyl halides is 3. The van der Waals surface area contributed by atoms with Crippen LogP contribution in [0.5, 0.6) is 0 Å². The third-order valence-corrected chi connectivity index (χ3v) is 6.57. The summed E-state index contributed by atoms with van der Waals surface area (Å²) in [5.74, 6) is -1.23. The number of morpholine rings is 1. The highest BCUT2D eigenvalue weighted by molar-refractivity contribution is 6.31. The summed E-state index contributed by atoms with van der Waals surface area (Å²) in [6.45, 7) is 5.78. The van der Waals surface area contributed by atoms with E-state index in [0.717, 1.165) is 16.9 Å². The van der Waals surface area contributed by atoms with Crippen LogP contribution in [0.4, 0.5) is 29.3 Å². The van der Waals surface area contributed by atoms with Crippen LogP contribution in [0.25, 0.3) is 27.9 Å². The first kappa shape index (κ1) is 30.0. The van der Waals surface area contributed by atoms with Gasteiger partial charge in [-0.15, -0.1) is 0 Å². The van der Waals surface area contributed by atoms with Crippen molar-refractivity contribution in [2.24, 2.45) is 0 Å². The standard InChI is InChI=1S/C25H24ClFN8O.C2HF3O2/c1-14-11-34(12-15(2)36-14)25-32-23(28-10-21-30-19-7-6-16(26)8-20(19)31-21)22-24(33-25)35(13-29-22)18-5-3-4-17(27)9-18;3-2(4,5)1(6)7/h3-9,13-15H,10-12H2,1-2H3,(H,30,31)(H,28,32,33);(H,6,7)/t14-,15+;. The zero-order valence-electron chi connectivity index (χ0n) is 22.7. The number of carboxylic acids is 1. The predicted octanol–water partition coefficient (Wildman–Crippen LogP) is 5.34. The fourth-order valence-corrected chi connectivity index (χ4v) is 4.77. The predicted molar refractivity (Wildman–Crippen MR) is 151 cm³/mol. The maximum absolute atomic E-state index is 14.0. The minimum Gasteiger partial charge on any atom is -0.475 e. The summed E-state index contributed by atoms with van der Waals surface area (Å²) >= 11 is 6.11. The van der Waals surface area contributed by atoms with Gasteiger partial charge in [-0.2, -0.15) is 23.1 Å². The summed E-state index contributed by atoms with van der Waals surface area (Å²) < 4.78 is 53.4. The van der Waals surface area contributed by atoms with E-state index < -0.39 is 12.1 Å². The van der Waals surface area contributed by atoms with Gasteiger partial charge in [-0.25, -0.2) is 19.2 Å². The van der Waals surface area contributed by atoms with E-state index in [-0.39, 0.29) is 18.0 Å². The first-order valence-corrected chi connectivity index (χ1v) is 13.3. The van der Waals surface area contributed by atoms with Crippen LogP contribution >= 0.6 is 11.6 Å². The monoisotopic (exact) mass is 620 g/mol. The number of aromatic nitrogens is 6. The Morgan fingerprint density at radius 2 is 1.86 bits per heavy atom. The molecule has 1 saturated heterocycles. The van der Waals surface area contributed by atoms with Crippen LogP contribution in [0, 0.1) is 5.82 Å². The van der Waals surface area contributed by atoms with Crippen molar-refractivity contribution in [3.8, 4) is 5.69 Å². The molecular formula is C27H25ClF4N8O3. The second kappa shape index (κ2) is 12.0. The van der Waals surface area contributed by atoms with Crippen LogP contribution in [0.15, 0.2) is 48.8 Å². The quantitative estimate of drug-likeness (QED) is 0.223. The van der Waals surface area contributed by atoms with Gasteiger partial charge in [0, 0.05) is 18.1 Å². The zero-order valence-corrected chi connectivity index (χ0v) is 23.5. The van der Waals surface area contributed by atoms with Gasteiger partial charge in [-0.1, -0.05) is 17.7 Å². The third-order valence-electron chi connectivity index (χ3n) is 6.33. The van der Waals surface area contributed by atoms with Gasteiger partial charge in [0.15, 0.2) is 17.0 Å². The fraction of sp³-hybridized carbons (Fsp3) is 0.296. The lowest BCUT2D eigenvalue weighted by molar-refractivity contribution is -0.192.